The van der Waals surface area contributed by atoms with Gasteiger partial charge in [-0.15, -0.1) is 0 Å². The zero-order valence-electron chi connectivity index (χ0n) is 10.7. The van der Waals surface area contributed by atoms with Crippen molar-refractivity contribution < 1.29 is 0 Å². The second-order valence-electron chi connectivity index (χ2n) is 5.32. The molecule has 0 aliphatic carbocycles. The molecule has 1 aliphatic rings. The molecule has 0 amide bonds. The Labute approximate surface area is 98.4 Å². The molecule has 0 bridgehead atoms. The van der Waals surface area contributed by atoms with Gasteiger partial charge in [-0.1, -0.05) is 26.0 Å². The number of anilines is 1. The molecule has 0 radical (unpaired) electrons. The highest BCUT2D eigenvalue weighted by Gasteiger charge is 2.29. The van der Waals surface area contributed by atoms with Crippen LogP contribution in [0.15, 0.2) is 18.2 Å². The van der Waals surface area contributed by atoms with Crippen LogP contribution in [0.2, 0.25) is 0 Å². The first kappa shape index (κ1) is 11.5. The molecule has 16 heavy (non-hydrogen) atoms. The molecule has 0 spiro atoms. The van der Waals surface area contributed by atoms with E-state index in [0.29, 0.717) is 11.8 Å². The summed E-state index contributed by atoms with van der Waals surface area (Å²) in [6, 6.07) is 7.06. The smallest absolute Gasteiger partial charge is 0.0400 e. The van der Waals surface area contributed by atoms with Gasteiger partial charge in [0.25, 0.3) is 0 Å². The average molecular weight is 218 g/mol. The van der Waals surface area contributed by atoms with Crippen molar-refractivity contribution in [1.29, 1.82) is 0 Å². The number of likely N-dealkylation sites (N-methyl/N-ethyl adjacent to an activating group) is 1. The van der Waals surface area contributed by atoms with Crippen molar-refractivity contribution in [3.63, 3.8) is 0 Å². The Morgan fingerprint density at radius 3 is 2.56 bits per heavy atom. The maximum atomic E-state index is 6.07. The van der Waals surface area contributed by atoms with Crippen LogP contribution in [0.25, 0.3) is 0 Å². The molecule has 2 N–H and O–H groups in total. The summed E-state index contributed by atoms with van der Waals surface area (Å²) >= 11 is 0. The zero-order chi connectivity index (χ0) is 11.9. The van der Waals surface area contributed by atoms with Crippen molar-refractivity contribution in [1.82, 2.24) is 0 Å². The second kappa shape index (κ2) is 4.10. The van der Waals surface area contributed by atoms with Gasteiger partial charge in [-0.05, 0) is 30.0 Å². The largest absolute Gasteiger partial charge is 0.374 e. The highest BCUT2D eigenvalue weighted by atomic mass is 15.1. The van der Waals surface area contributed by atoms with Crippen molar-refractivity contribution in [3.8, 4) is 0 Å². The summed E-state index contributed by atoms with van der Waals surface area (Å²) < 4.78 is 0. The summed E-state index contributed by atoms with van der Waals surface area (Å²) in [6.45, 7) is 7.63. The van der Waals surface area contributed by atoms with Crippen LogP contribution in [-0.2, 0) is 0 Å². The van der Waals surface area contributed by atoms with Crippen molar-refractivity contribution in [3.05, 3.63) is 29.3 Å². The van der Waals surface area contributed by atoms with Gasteiger partial charge in [-0.3, -0.25) is 0 Å². The number of hydrogen-bond donors (Lipinski definition) is 1. The van der Waals surface area contributed by atoms with Gasteiger partial charge in [-0.25, -0.2) is 0 Å². The number of benzene rings is 1. The summed E-state index contributed by atoms with van der Waals surface area (Å²) in [5, 5.41) is 0. The van der Waals surface area contributed by atoms with Crippen LogP contribution < -0.4 is 10.6 Å². The summed E-state index contributed by atoms with van der Waals surface area (Å²) in [4.78, 5) is 2.31. The SMILES string of the molecule is CC(C)c1ccc2c(c1)C(C(C)N)CN2C. The fourth-order valence-electron chi connectivity index (χ4n) is 2.52. The van der Waals surface area contributed by atoms with E-state index in [0.717, 1.165) is 6.54 Å². The molecule has 2 atom stereocenters. The Hall–Kier alpha value is -1.02. The lowest BCUT2D eigenvalue weighted by Gasteiger charge is -2.16. The predicted octanol–water partition coefficient (Wildman–Crippen LogP) is 2.69. The second-order valence-corrected chi connectivity index (χ2v) is 5.32. The first-order valence-electron chi connectivity index (χ1n) is 6.11. The Morgan fingerprint density at radius 2 is 2.00 bits per heavy atom. The topological polar surface area (TPSA) is 29.3 Å². The van der Waals surface area contributed by atoms with Crippen LogP contribution in [0.3, 0.4) is 0 Å². The monoisotopic (exact) mass is 218 g/mol. The van der Waals surface area contributed by atoms with E-state index in [2.05, 4.69) is 50.9 Å². The van der Waals surface area contributed by atoms with Crippen molar-refractivity contribution in [2.75, 3.05) is 18.5 Å². The van der Waals surface area contributed by atoms with E-state index in [1.54, 1.807) is 0 Å². The lowest BCUT2D eigenvalue weighted by atomic mass is 9.91. The fourth-order valence-corrected chi connectivity index (χ4v) is 2.52. The molecule has 0 fully saturated rings. The Morgan fingerprint density at radius 1 is 1.31 bits per heavy atom. The Kier molecular flexibility index (Phi) is 2.94. The van der Waals surface area contributed by atoms with Crippen LogP contribution in [-0.4, -0.2) is 19.6 Å². The predicted molar refractivity (Wildman–Crippen MR) is 70.2 cm³/mol. The summed E-state index contributed by atoms with van der Waals surface area (Å²) in [5.74, 6) is 1.07. The minimum atomic E-state index is 0.228. The van der Waals surface area contributed by atoms with Gasteiger partial charge < -0.3 is 10.6 Å². The molecular weight excluding hydrogens is 196 g/mol. The maximum Gasteiger partial charge on any atom is 0.0400 e. The standard InChI is InChI=1S/C14H22N2/c1-9(2)11-5-6-14-12(7-11)13(10(3)15)8-16(14)4/h5-7,9-10,13H,8,15H2,1-4H3. The number of rotatable bonds is 2. The van der Waals surface area contributed by atoms with E-state index >= 15 is 0 Å². The van der Waals surface area contributed by atoms with E-state index in [9.17, 15) is 0 Å². The molecule has 0 aromatic heterocycles. The molecule has 2 rings (SSSR count). The van der Waals surface area contributed by atoms with Crippen LogP contribution in [0, 0.1) is 0 Å². The molecule has 1 aromatic rings. The van der Waals surface area contributed by atoms with Gasteiger partial charge in [0.2, 0.25) is 0 Å². The first-order valence-corrected chi connectivity index (χ1v) is 6.11. The zero-order valence-corrected chi connectivity index (χ0v) is 10.7. The maximum absolute atomic E-state index is 6.07. The van der Waals surface area contributed by atoms with Gasteiger partial charge in [-0.2, -0.15) is 0 Å². The molecule has 0 saturated heterocycles. The van der Waals surface area contributed by atoms with E-state index < -0.39 is 0 Å². The van der Waals surface area contributed by atoms with Gasteiger partial charge >= 0.3 is 0 Å². The Bertz CT molecular complexity index is 382. The summed E-state index contributed by atoms with van der Waals surface area (Å²) in [7, 11) is 2.15. The number of hydrogen-bond acceptors (Lipinski definition) is 2. The molecular formula is C14H22N2. The average Bonchev–Trinajstić information content (AvgIpc) is 2.56. The highest BCUT2D eigenvalue weighted by molar-refractivity contribution is 5.61. The molecule has 2 heteroatoms. The number of nitrogens with two attached hydrogens (primary N) is 1. The Balaban J connectivity index is 2.43. The third-order valence-corrected chi connectivity index (χ3v) is 3.63. The third-order valence-electron chi connectivity index (χ3n) is 3.63. The minimum absolute atomic E-state index is 0.228. The molecule has 1 heterocycles. The van der Waals surface area contributed by atoms with Crippen molar-refractivity contribution >= 4 is 5.69 Å². The molecule has 88 valence electrons. The van der Waals surface area contributed by atoms with Crippen molar-refractivity contribution in [2.45, 2.75) is 38.6 Å². The van der Waals surface area contributed by atoms with Gasteiger partial charge in [0.1, 0.15) is 0 Å². The number of fused-ring (bicyclic) bond motifs is 1. The quantitative estimate of drug-likeness (QED) is 0.827. The lowest BCUT2D eigenvalue weighted by Crippen LogP contribution is -2.28. The van der Waals surface area contributed by atoms with E-state index in [4.69, 9.17) is 5.73 Å². The molecule has 2 nitrogen and oxygen atoms in total. The van der Waals surface area contributed by atoms with Crippen LogP contribution in [0.1, 0.15) is 43.7 Å². The highest BCUT2D eigenvalue weighted by Crippen LogP contribution is 2.38. The van der Waals surface area contributed by atoms with E-state index in [-0.39, 0.29) is 6.04 Å². The van der Waals surface area contributed by atoms with Gasteiger partial charge in [0, 0.05) is 31.2 Å². The molecule has 1 aromatic carbocycles. The van der Waals surface area contributed by atoms with Gasteiger partial charge in [0.15, 0.2) is 0 Å². The van der Waals surface area contributed by atoms with E-state index in [1.807, 2.05) is 0 Å². The molecule has 2 unspecified atom stereocenters. The first-order chi connectivity index (χ1) is 7.50. The summed E-state index contributed by atoms with van der Waals surface area (Å²) in [5.41, 5.74) is 10.3. The van der Waals surface area contributed by atoms with Crippen LogP contribution in [0.4, 0.5) is 5.69 Å². The number of nitrogens with zero attached hydrogens (tertiary/aromatic N) is 1. The molecule has 1 aliphatic heterocycles. The minimum Gasteiger partial charge on any atom is -0.374 e. The van der Waals surface area contributed by atoms with Crippen LogP contribution >= 0.6 is 0 Å². The fraction of sp³-hybridized carbons (Fsp3) is 0.571. The summed E-state index contributed by atoms with van der Waals surface area (Å²) in [6.07, 6.45) is 0. The lowest BCUT2D eigenvalue weighted by molar-refractivity contribution is 0.593. The normalized spacial score (nSPS) is 21.4. The third kappa shape index (κ3) is 1.82. The van der Waals surface area contributed by atoms with Gasteiger partial charge in [0.05, 0.1) is 0 Å². The van der Waals surface area contributed by atoms with E-state index in [1.165, 1.54) is 16.8 Å². The van der Waals surface area contributed by atoms with Crippen molar-refractivity contribution in [2.24, 2.45) is 5.73 Å². The van der Waals surface area contributed by atoms with Crippen LogP contribution in [0.5, 0.6) is 0 Å². The molecule has 0 saturated carbocycles.